The third-order valence-electron chi connectivity index (χ3n) is 2.20. The zero-order valence-corrected chi connectivity index (χ0v) is 10.3. The van der Waals surface area contributed by atoms with E-state index < -0.39 is 51.6 Å². The highest BCUT2D eigenvalue weighted by Crippen LogP contribution is 2.16. The second-order valence-electron chi connectivity index (χ2n) is 3.60. The van der Waals surface area contributed by atoms with Gasteiger partial charge in [-0.25, -0.2) is 17.2 Å². The average Bonchev–Trinajstić information content (AvgIpc) is 2.31. The van der Waals surface area contributed by atoms with Gasteiger partial charge in [-0.2, -0.15) is 4.72 Å². The molecule has 106 valence electrons. The average molecular weight is 295 g/mol. The summed E-state index contributed by atoms with van der Waals surface area (Å²) in [7, 11) is -4.54. The van der Waals surface area contributed by atoms with Gasteiger partial charge in [0.1, 0.15) is 22.6 Å². The highest BCUT2D eigenvalue weighted by molar-refractivity contribution is 7.89. The van der Waals surface area contributed by atoms with Crippen molar-refractivity contribution in [2.24, 2.45) is 0 Å². The lowest BCUT2D eigenvalue weighted by Gasteiger charge is -2.14. The molecule has 19 heavy (non-hydrogen) atoms. The van der Waals surface area contributed by atoms with Crippen LogP contribution in [-0.4, -0.2) is 37.2 Å². The molecule has 0 saturated carbocycles. The van der Waals surface area contributed by atoms with Gasteiger partial charge in [0.05, 0.1) is 0 Å². The van der Waals surface area contributed by atoms with Crippen LogP contribution in [0.3, 0.4) is 0 Å². The molecule has 6 nitrogen and oxygen atoms in total. The molecule has 1 rings (SSSR count). The topological polar surface area (TPSA) is 104 Å². The molecule has 0 unspecified atom stereocenters. The smallest absolute Gasteiger partial charge is 0.321 e. The van der Waals surface area contributed by atoms with Crippen molar-refractivity contribution in [3.8, 4) is 0 Å². The Morgan fingerprint density at radius 3 is 2.53 bits per heavy atom. The third kappa shape index (κ3) is 3.94. The van der Waals surface area contributed by atoms with Crippen molar-refractivity contribution in [2.75, 3.05) is 6.61 Å². The molecule has 1 aromatic rings. The molecule has 0 aliphatic carbocycles. The predicted octanol–water partition coefficient (Wildman–Crippen LogP) is 0.0787. The molecule has 0 aromatic heterocycles. The molecule has 0 bridgehead atoms. The third-order valence-corrected chi connectivity index (χ3v) is 3.68. The number of aliphatic hydroxyl groups excluding tert-OH is 1. The normalized spacial score (nSPS) is 13.2. The van der Waals surface area contributed by atoms with E-state index in [1.807, 2.05) is 0 Å². The van der Waals surface area contributed by atoms with Crippen LogP contribution in [0.1, 0.15) is 6.42 Å². The number of hydrogen-bond donors (Lipinski definition) is 3. The summed E-state index contributed by atoms with van der Waals surface area (Å²) in [5, 5.41) is 17.4. The van der Waals surface area contributed by atoms with E-state index in [0.29, 0.717) is 12.1 Å². The van der Waals surface area contributed by atoms with Gasteiger partial charge in [0.2, 0.25) is 10.0 Å². The lowest BCUT2D eigenvalue weighted by Crippen LogP contribution is -2.41. The summed E-state index contributed by atoms with van der Waals surface area (Å²) < 4.78 is 51.4. The number of rotatable bonds is 6. The first-order chi connectivity index (χ1) is 8.77. The number of carbonyl (C=O) groups is 1. The van der Waals surface area contributed by atoms with Crippen LogP contribution in [0.2, 0.25) is 0 Å². The van der Waals surface area contributed by atoms with Crippen LogP contribution in [0.5, 0.6) is 0 Å². The van der Waals surface area contributed by atoms with E-state index in [0.717, 1.165) is 6.07 Å². The van der Waals surface area contributed by atoms with Gasteiger partial charge in [0.25, 0.3) is 0 Å². The van der Waals surface area contributed by atoms with E-state index >= 15 is 0 Å². The molecular weight excluding hydrogens is 284 g/mol. The Bertz CT molecular complexity index is 575. The zero-order chi connectivity index (χ0) is 14.6. The molecule has 1 aromatic carbocycles. The van der Waals surface area contributed by atoms with Gasteiger partial charge in [0.15, 0.2) is 0 Å². The van der Waals surface area contributed by atoms with Gasteiger partial charge >= 0.3 is 5.97 Å². The fourth-order valence-electron chi connectivity index (χ4n) is 1.30. The number of sulfonamides is 1. The van der Waals surface area contributed by atoms with E-state index in [1.54, 1.807) is 4.72 Å². The minimum absolute atomic E-state index is 0.397. The lowest BCUT2D eigenvalue weighted by atomic mass is 10.2. The quantitative estimate of drug-likeness (QED) is 0.689. The number of carboxylic acid groups (broad SMARTS) is 1. The van der Waals surface area contributed by atoms with E-state index in [1.165, 1.54) is 0 Å². The predicted molar refractivity (Wildman–Crippen MR) is 59.8 cm³/mol. The van der Waals surface area contributed by atoms with Crippen LogP contribution in [0.4, 0.5) is 8.78 Å². The van der Waals surface area contributed by atoms with E-state index in [-0.39, 0.29) is 0 Å². The number of halogens is 2. The largest absolute Gasteiger partial charge is 0.480 e. The number of aliphatic carboxylic acids is 1. The van der Waals surface area contributed by atoms with Crippen molar-refractivity contribution in [3.05, 3.63) is 29.8 Å². The Morgan fingerprint density at radius 1 is 1.37 bits per heavy atom. The van der Waals surface area contributed by atoms with Crippen molar-refractivity contribution in [1.29, 1.82) is 0 Å². The van der Waals surface area contributed by atoms with Gasteiger partial charge in [-0.1, -0.05) is 0 Å². The van der Waals surface area contributed by atoms with E-state index in [2.05, 4.69) is 0 Å². The SMILES string of the molecule is O=C(O)[C@H](CCO)NS(=O)(=O)c1cc(F)ccc1F. The van der Waals surface area contributed by atoms with Crippen molar-refractivity contribution in [2.45, 2.75) is 17.4 Å². The first kappa shape index (κ1) is 15.5. The molecule has 0 fully saturated rings. The van der Waals surface area contributed by atoms with Crippen molar-refractivity contribution in [1.82, 2.24) is 4.72 Å². The van der Waals surface area contributed by atoms with Crippen molar-refractivity contribution < 1.29 is 32.2 Å². The molecule has 0 aliphatic heterocycles. The molecule has 1 atom stereocenters. The monoisotopic (exact) mass is 295 g/mol. The first-order valence-electron chi connectivity index (χ1n) is 5.09. The molecule has 0 amide bonds. The number of aliphatic hydroxyl groups is 1. The van der Waals surface area contributed by atoms with Crippen LogP contribution in [0.25, 0.3) is 0 Å². The molecule has 0 saturated heterocycles. The summed E-state index contributed by atoms with van der Waals surface area (Å²) in [5.74, 6) is -3.72. The first-order valence-corrected chi connectivity index (χ1v) is 6.57. The van der Waals surface area contributed by atoms with Gasteiger partial charge in [0, 0.05) is 6.61 Å². The summed E-state index contributed by atoms with van der Waals surface area (Å²) in [4.78, 5) is 9.76. The second kappa shape index (κ2) is 6.04. The fraction of sp³-hybridized carbons (Fsp3) is 0.300. The van der Waals surface area contributed by atoms with Crippen LogP contribution in [0, 0.1) is 11.6 Å². The number of carboxylic acids is 1. The van der Waals surface area contributed by atoms with Crippen LogP contribution in [-0.2, 0) is 14.8 Å². The van der Waals surface area contributed by atoms with E-state index in [9.17, 15) is 22.0 Å². The Kier molecular flexibility index (Phi) is 4.92. The minimum atomic E-state index is -4.54. The summed E-state index contributed by atoms with van der Waals surface area (Å²) in [6, 6.07) is 0.163. The van der Waals surface area contributed by atoms with Crippen LogP contribution in [0.15, 0.2) is 23.1 Å². The van der Waals surface area contributed by atoms with Gasteiger partial charge < -0.3 is 10.2 Å². The molecule has 0 spiro atoms. The Balaban J connectivity index is 3.10. The molecule has 0 heterocycles. The van der Waals surface area contributed by atoms with Crippen LogP contribution >= 0.6 is 0 Å². The van der Waals surface area contributed by atoms with Crippen molar-refractivity contribution in [3.63, 3.8) is 0 Å². The zero-order valence-electron chi connectivity index (χ0n) is 9.51. The van der Waals surface area contributed by atoms with Crippen LogP contribution < -0.4 is 4.72 Å². The standard InChI is InChI=1S/C10H11F2NO5S/c11-6-1-2-7(12)9(5-6)19(17,18)13-8(3-4-14)10(15)16/h1-2,5,8,13-14H,3-4H2,(H,15,16)/t8-/m0/s1. The number of nitrogens with one attached hydrogen (secondary N) is 1. The van der Waals surface area contributed by atoms with E-state index in [4.69, 9.17) is 10.2 Å². The van der Waals surface area contributed by atoms with Gasteiger partial charge in [-0.3, -0.25) is 4.79 Å². The Morgan fingerprint density at radius 2 is 2.00 bits per heavy atom. The fourth-order valence-corrected chi connectivity index (χ4v) is 2.61. The molecule has 9 heteroatoms. The number of hydrogen-bond acceptors (Lipinski definition) is 4. The maximum atomic E-state index is 13.3. The van der Waals surface area contributed by atoms with Gasteiger partial charge in [-0.05, 0) is 24.6 Å². The Hall–Kier alpha value is -1.58. The second-order valence-corrected chi connectivity index (χ2v) is 5.28. The lowest BCUT2D eigenvalue weighted by molar-refractivity contribution is -0.139. The summed E-state index contributed by atoms with van der Waals surface area (Å²) in [6.45, 7) is -0.578. The van der Waals surface area contributed by atoms with Gasteiger partial charge in [-0.15, -0.1) is 0 Å². The molecular formula is C10H11F2NO5S. The maximum absolute atomic E-state index is 13.3. The summed E-state index contributed by atoms with van der Waals surface area (Å²) >= 11 is 0. The molecule has 0 aliphatic rings. The maximum Gasteiger partial charge on any atom is 0.321 e. The van der Waals surface area contributed by atoms with Crippen molar-refractivity contribution >= 4 is 16.0 Å². The molecule has 3 N–H and O–H groups in total. The Labute approximate surface area is 107 Å². The summed E-state index contributed by atoms with van der Waals surface area (Å²) in [5.41, 5.74) is 0. The minimum Gasteiger partial charge on any atom is -0.480 e. The number of benzene rings is 1. The summed E-state index contributed by atoms with van der Waals surface area (Å²) in [6.07, 6.45) is -0.397. The molecule has 0 radical (unpaired) electrons. The highest BCUT2D eigenvalue weighted by Gasteiger charge is 2.27. The highest BCUT2D eigenvalue weighted by atomic mass is 32.2.